The number of H-pyrrole nitrogens is 1. The average molecular weight is 284 g/mol. The second-order valence-electron chi connectivity index (χ2n) is 4.74. The average Bonchev–Trinajstić information content (AvgIpc) is 3.16. The van der Waals surface area contributed by atoms with E-state index in [9.17, 15) is 4.79 Å². The van der Waals surface area contributed by atoms with Crippen molar-refractivity contribution < 1.29 is 9.53 Å². The van der Waals surface area contributed by atoms with Gasteiger partial charge in [-0.05, 0) is 31.7 Å². The summed E-state index contributed by atoms with van der Waals surface area (Å²) in [5, 5.41) is 10.8. The van der Waals surface area contributed by atoms with E-state index in [1.165, 1.54) is 25.2 Å². The quantitative estimate of drug-likeness (QED) is 0.552. The van der Waals surface area contributed by atoms with Crippen LogP contribution in [0.4, 0.5) is 0 Å². The van der Waals surface area contributed by atoms with E-state index in [2.05, 4.69) is 27.4 Å². The van der Waals surface area contributed by atoms with Crippen LogP contribution in [0.15, 0.2) is 11.5 Å². The number of hydrogen-bond acceptors (Lipinski definition) is 6. The molecule has 0 spiro atoms. The van der Waals surface area contributed by atoms with Crippen molar-refractivity contribution in [3.05, 3.63) is 6.33 Å². The van der Waals surface area contributed by atoms with Gasteiger partial charge in [0.15, 0.2) is 5.16 Å². The Morgan fingerprint density at radius 3 is 3.00 bits per heavy atom. The minimum atomic E-state index is -0.595. The zero-order valence-corrected chi connectivity index (χ0v) is 12.1. The molecule has 2 N–H and O–H groups in total. The van der Waals surface area contributed by atoms with Crippen LogP contribution in [0.5, 0.6) is 0 Å². The molecule has 0 amide bonds. The van der Waals surface area contributed by atoms with E-state index in [-0.39, 0.29) is 5.97 Å². The second kappa shape index (κ2) is 6.38. The number of aromatic amines is 1. The Hall–Kier alpha value is -1.08. The molecule has 19 heavy (non-hydrogen) atoms. The number of nitrogens with one attached hydrogen (secondary N) is 2. The summed E-state index contributed by atoms with van der Waals surface area (Å²) < 4.78 is 5.02. The first-order valence-electron chi connectivity index (χ1n) is 6.54. The van der Waals surface area contributed by atoms with Crippen molar-refractivity contribution in [1.82, 2.24) is 20.5 Å². The fraction of sp³-hybridized carbons (Fsp3) is 0.750. The van der Waals surface area contributed by atoms with E-state index in [1.807, 2.05) is 0 Å². The predicted octanol–water partition coefficient (Wildman–Crippen LogP) is 1.22. The first-order valence-corrected chi connectivity index (χ1v) is 7.53. The van der Waals surface area contributed by atoms with E-state index in [1.54, 1.807) is 0 Å². The molecule has 1 unspecified atom stereocenters. The first-order chi connectivity index (χ1) is 9.23. The summed E-state index contributed by atoms with van der Waals surface area (Å²) in [5.74, 6) is 0.803. The SMILES string of the molecule is CCCNC(CSc1ncn[nH]1)(C(=O)OC)C1CC1. The van der Waals surface area contributed by atoms with Crippen molar-refractivity contribution in [2.24, 2.45) is 5.92 Å². The van der Waals surface area contributed by atoms with Crippen LogP contribution in [0.1, 0.15) is 26.2 Å². The molecule has 0 radical (unpaired) electrons. The van der Waals surface area contributed by atoms with Crippen LogP contribution in [0.3, 0.4) is 0 Å². The molecule has 0 aliphatic heterocycles. The second-order valence-corrected chi connectivity index (χ2v) is 5.71. The van der Waals surface area contributed by atoms with Crippen LogP contribution >= 0.6 is 11.8 Å². The van der Waals surface area contributed by atoms with Crippen LogP contribution in [0, 0.1) is 5.92 Å². The number of carbonyl (C=O) groups is 1. The van der Waals surface area contributed by atoms with E-state index in [0.29, 0.717) is 11.7 Å². The number of rotatable bonds is 8. The van der Waals surface area contributed by atoms with Crippen LogP contribution in [0.2, 0.25) is 0 Å². The molecule has 1 aromatic rings. The van der Waals surface area contributed by atoms with Gasteiger partial charge in [0.2, 0.25) is 0 Å². The third kappa shape index (κ3) is 3.27. The van der Waals surface area contributed by atoms with Gasteiger partial charge >= 0.3 is 5.97 Å². The molecule has 7 heteroatoms. The zero-order valence-electron chi connectivity index (χ0n) is 11.3. The van der Waals surface area contributed by atoms with E-state index >= 15 is 0 Å². The Bertz CT molecular complexity index is 408. The monoisotopic (exact) mass is 284 g/mol. The van der Waals surface area contributed by atoms with Crippen molar-refractivity contribution in [1.29, 1.82) is 0 Å². The molecule has 1 atom stereocenters. The number of ether oxygens (including phenoxy) is 1. The number of nitrogens with zero attached hydrogens (tertiary/aromatic N) is 2. The van der Waals surface area contributed by atoms with Crippen molar-refractivity contribution in [2.45, 2.75) is 36.9 Å². The molecule has 1 aromatic heterocycles. The summed E-state index contributed by atoms with van der Waals surface area (Å²) in [6, 6.07) is 0. The van der Waals surface area contributed by atoms with Crippen LogP contribution in [-0.2, 0) is 9.53 Å². The van der Waals surface area contributed by atoms with Gasteiger partial charge in [-0.3, -0.25) is 9.89 Å². The molecule has 1 heterocycles. The standard InChI is InChI=1S/C12H20N4O2S/c1-3-6-14-12(9-4-5-9,10(17)18-2)7-19-11-13-8-15-16-11/h8-9,14H,3-7H2,1-2H3,(H,13,15,16). The normalized spacial score (nSPS) is 18.0. The van der Waals surface area contributed by atoms with Gasteiger partial charge in [0, 0.05) is 5.75 Å². The summed E-state index contributed by atoms with van der Waals surface area (Å²) in [6.07, 6.45) is 4.60. The lowest BCUT2D eigenvalue weighted by Crippen LogP contribution is -2.57. The number of esters is 1. The summed E-state index contributed by atoms with van der Waals surface area (Å²) in [5.41, 5.74) is -0.595. The Kier molecular flexibility index (Phi) is 4.81. The maximum atomic E-state index is 12.2. The molecule has 0 aromatic carbocycles. The van der Waals surface area contributed by atoms with E-state index in [0.717, 1.165) is 31.0 Å². The van der Waals surface area contributed by atoms with Gasteiger partial charge < -0.3 is 10.1 Å². The van der Waals surface area contributed by atoms with Crippen LogP contribution < -0.4 is 5.32 Å². The molecule has 1 aliphatic rings. The van der Waals surface area contributed by atoms with Crippen LogP contribution in [-0.4, -0.2) is 46.1 Å². The maximum absolute atomic E-state index is 12.2. The fourth-order valence-corrected chi connectivity index (χ4v) is 3.22. The highest BCUT2D eigenvalue weighted by Crippen LogP contribution is 2.42. The lowest BCUT2D eigenvalue weighted by molar-refractivity contribution is -0.148. The van der Waals surface area contributed by atoms with E-state index in [4.69, 9.17) is 4.74 Å². The lowest BCUT2D eigenvalue weighted by Gasteiger charge is -2.31. The Morgan fingerprint density at radius 2 is 2.47 bits per heavy atom. The zero-order chi connectivity index (χ0) is 13.7. The van der Waals surface area contributed by atoms with Gasteiger partial charge in [0.05, 0.1) is 7.11 Å². The molecular formula is C12H20N4O2S. The molecule has 2 rings (SSSR count). The van der Waals surface area contributed by atoms with Crippen LogP contribution in [0.25, 0.3) is 0 Å². The molecule has 6 nitrogen and oxygen atoms in total. The van der Waals surface area contributed by atoms with Gasteiger partial charge in [0.1, 0.15) is 11.9 Å². The summed E-state index contributed by atoms with van der Waals surface area (Å²) in [7, 11) is 1.45. The number of methoxy groups -OCH3 is 1. The Labute approximate surface area is 117 Å². The molecule has 0 saturated heterocycles. The summed E-state index contributed by atoms with van der Waals surface area (Å²) >= 11 is 1.50. The molecular weight excluding hydrogens is 264 g/mol. The number of aromatic nitrogens is 3. The van der Waals surface area contributed by atoms with Gasteiger partial charge in [0.25, 0.3) is 0 Å². The largest absolute Gasteiger partial charge is 0.468 e. The number of carbonyl (C=O) groups excluding carboxylic acids is 1. The minimum absolute atomic E-state index is 0.171. The van der Waals surface area contributed by atoms with Gasteiger partial charge in [-0.15, -0.1) is 0 Å². The van der Waals surface area contributed by atoms with Crippen molar-refractivity contribution in [3.63, 3.8) is 0 Å². The van der Waals surface area contributed by atoms with Gasteiger partial charge in [-0.25, -0.2) is 4.98 Å². The highest BCUT2D eigenvalue weighted by atomic mass is 32.2. The highest BCUT2D eigenvalue weighted by Gasteiger charge is 2.51. The van der Waals surface area contributed by atoms with Gasteiger partial charge in [-0.1, -0.05) is 18.7 Å². The lowest BCUT2D eigenvalue weighted by atomic mass is 9.95. The Morgan fingerprint density at radius 1 is 1.68 bits per heavy atom. The number of thioether (sulfide) groups is 1. The molecule has 1 fully saturated rings. The third-order valence-corrected chi connectivity index (χ3v) is 4.41. The Balaban J connectivity index is 2.08. The van der Waals surface area contributed by atoms with E-state index < -0.39 is 5.54 Å². The highest BCUT2D eigenvalue weighted by molar-refractivity contribution is 7.99. The first kappa shape index (κ1) is 14.3. The summed E-state index contributed by atoms with van der Waals surface area (Å²) in [6.45, 7) is 2.90. The minimum Gasteiger partial charge on any atom is -0.468 e. The molecule has 1 aliphatic carbocycles. The fourth-order valence-electron chi connectivity index (χ4n) is 2.16. The smallest absolute Gasteiger partial charge is 0.327 e. The topological polar surface area (TPSA) is 79.9 Å². The van der Waals surface area contributed by atoms with Crippen molar-refractivity contribution in [3.8, 4) is 0 Å². The molecule has 1 saturated carbocycles. The summed E-state index contributed by atoms with van der Waals surface area (Å²) in [4.78, 5) is 16.3. The third-order valence-electron chi connectivity index (χ3n) is 3.34. The van der Waals surface area contributed by atoms with Gasteiger partial charge in [-0.2, -0.15) is 5.10 Å². The maximum Gasteiger partial charge on any atom is 0.327 e. The number of hydrogen-bond donors (Lipinski definition) is 2. The van der Waals surface area contributed by atoms with Crippen molar-refractivity contribution >= 4 is 17.7 Å². The molecule has 0 bridgehead atoms. The molecule has 106 valence electrons. The predicted molar refractivity (Wildman–Crippen MR) is 72.9 cm³/mol. The van der Waals surface area contributed by atoms with Crippen molar-refractivity contribution in [2.75, 3.05) is 19.4 Å².